The number of allylic oxidation sites excluding steroid dienone is 4. The van der Waals surface area contributed by atoms with Crippen LogP contribution < -0.4 is 0 Å². The molecule has 0 fully saturated rings. The van der Waals surface area contributed by atoms with Crippen molar-refractivity contribution in [2.45, 2.75) is 6.42 Å². The van der Waals surface area contributed by atoms with Gasteiger partial charge in [0.2, 0.25) is 0 Å². The molecule has 1 aliphatic rings. The third-order valence-corrected chi connectivity index (χ3v) is 0.655. The predicted octanol–water partition coefficient (Wildman–Crippen LogP) is 1.50. The smallest absolute Gasteiger partial charge is 0 e. The Balaban J connectivity index is 0.000000250. The van der Waals surface area contributed by atoms with E-state index in [0.29, 0.717) is 0 Å². The molecule has 1 rings (SSSR count). The largest absolute Gasteiger partial charge is 0.0808 e. The van der Waals surface area contributed by atoms with Crippen LogP contribution in [0.4, 0.5) is 0 Å². The van der Waals surface area contributed by atoms with Gasteiger partial charge in [0.25, 0.3) is 0 Å². The minimum absolute atomic E-state index is 0. The molecule has 0 aliphatic heterocycles. The molecule has 1 radical (unpaired) electrons. The summed E-state index contributed by atoms with van der Waals surface area (Å²) in [6.45, 7) is 0. The molecular weight excluding hydrogens is 246 g/mol. The number of hydrogen-bond donors (Lipinski definition) is 0. The van der Waals surface area contributed by atoms with Gasteiger partial charge in [-0.1, -0.05) is 24.3 Å². The van der Waals surface area contributed by atoms with Crippen LogP contribution in [-0.4, -0.2) is 0 Å². The summed E-state index contributed by atoms with van der Waals surface area (Å²) in [5, 5.41) is 0. The van der Waals surface area contributed by atoms with Crippen LogP contribution in [0.1, 0.15) is 6.42 Å². The molecule has 0 heterocycles. The zero-order chi connectivity index (χ0) is 3.54. The summed E-state index contributed by atoms with van der Waals surface area (Å²) < 4.78 is 0. The average molecular weight is 252 g/mol. The fraction of sp³-hybridized carbons (Fsp3) is 0.200. The van der Waals surface area contributed by atoms with Crippen LogP contribution in [0.3, 0.4) is 0 Å². The molecule has 0 N–H and O–H groups in total. The Morgan fingerprint density at radius 1 is 1.00 bits per heavy atom. The average Bonchev–Trinajstić information content (AvgIpc) is 1.76. The normalized spacial score (nSPS) is 14.7. The first kappa shape index (κ1) is 6.14. The second-order valence-corrected chi connectivity index (χ2v) is 1.09. The van der Waals surface area contributed by atoms with E-state index in [0.717, 1.165) is 6.42 Å². The second kappa shape index (κ2) is 3.34. The van der Waals surface area contributed by atoms with Crippen molar-refractivity contribution in [3.63, 3.8) is 0 Å². The number of hydrogen-bond acceptors (Lipinski definition) is 0. The van der Waals surface area contributed by atoms with Gasteiger partial charge in [-0.15, -0.1) is 0 Å². The monoisotopic (exact) mass is 253 g/mol. The van der Waals surface area contributed by atoms with Gasteiger partial charge in [0, 0.05) is 20.4 Å². The van der Waals surface area contributed by atoms with Crippen LogP contribution in [0.15, 0.2) is 24.3 Å². The zero-order valence-electron chi connectivity index (χ0n) is 3.39. The van der Waals surface area contributed by atoms with Gasteiger partial charge in [-0.05, 0) is 6.42 Å². The summed E-state index contributed by atoms with van der Waals surface area (Å²) in [4.78, 5) is 0. The summed E-state index contributed by atoms with van der Waals surface area (Å²) in [7, 11) is 0. The van der Waals surface area contributed by atoms with Crippen LogP contribution in [0, 0.1) is 0 Å². The molecule has 6 heavy (non-hydrogen) atoms. The molecular formula is C5H6Re. The van der Waals surface area contributed by atoms with Gasteiger partial charge in [-0.3, -0.25) is 0 Å². The Morgan fingerprint density at radius 3 is 1.67 bits per heavy atom. The van der Waals surface area contributed by atoms with Crippen LogP contribution >= 0.6 is 0 Å². The molecule has 0 spiro atoms. The fourth-order valence-corrected chi connectivity index (χ4v) is 0.393. The molecule has 0 aromatic rings. The standard InChI is InChI=1S/C5H6.Re/c1-2-4-5-3-1;/h1-4H,5H2;. The summed E-state index contributed by atoms with van der Waals surface area (Å²) in [6.07, 6.45) is 9.50. The maximum atomic E-state index is 2.12. The van der Waals surface area contributed by atoms with Gasteiger partial charge in [0.05, 0.1) is 0 Å². The Labute approximate surface area is 51.6 Å². The van der Waals surface area contributed by atoms with Crippen molar-refractivity contribution in [2.24, 2.45) is 0 Å². The number of rotatable bonds is 0. The van der Waals surface area contributed by atoms with Crippen LogP contribution in [-0.2, 0) is 20.4 Å². The van der Waals surface area contributed by atoms with E-state index in [9.17, 15) is 0 Å². The minimum Gasteiger partial charge on any atom is -0.0808 e. The van der Waals surface area contributed by atoms with Crippen LogP contribution in [0.25, 0.3) is 0 Å². The first-order valence-electron chi connectivity index (χ1n) is 1.82. The Morgan fingerprint density at radius 2 is 1.50 bits per heavy atom. The van der Waals surface area contributed by atoms with Crippen molar-refractivity contribution in [3.8, 4) is 0 Å². The van der Waals surface area contributed by atoms with E-state index in [1.165, 1.54) is 0 Å². The molecule has 33 valence electrons. The van der Waals surface area contributed by atoms with E-state index in [-0.39, 0.29) is 20.4 Å². The third kappa shape index (κ3) is 1.55. The molecule has 0 unspecified atom stereocenters. The van der Waals surface area contributed by atoms with Crippen molar-refractivity contribution in [1.29, 1.82) is 0 Å². The van der Waals surface area contributed by atoms with Gasteiger partial charge in [-0.25, -0.2) is 0 Å². The Kier molecular flexibility index (Phi) is 3.42. The van der Waals surface area contributed by atoms with Crippen molar-refractivity contribution < 1.29 is 20.4 Å². The molecule has 0 aromatic heterocycles. The Hall–Kier alpha value is 0.142. The summed E-state index contributed by atoms with van der Waals surface area (Å²) in [5.74, 6) is 0. The molecule has 0 atom stereocenters. The van der Waals surface area contributed by atoms with Crippen molar-refractivity contribution in [3.05, 3.63) is 24.3 Å². The summed E-state index contributed by atoms with van der Waals surface area (Å²) >= 11 is 0. The van der Waals surface area contributed by atoms with E-state index in [1.54, 1.807) is 0 Å². The molecule has 0 saturated heterocycles. The van der Waals surface area contributed by atoms with Crippen LogP contribution in [0.2, 0.25) is 0 Å². The molecule has 1 aliphatic carbocycles. The summed E-state index contributed by atoms with van der Waals surface area (Å²) in [6, 6.07) is 0. The zero-order valence-corrected chi connectivity index (χ0v) is 6.11. The third-order valence-electron chi connectivity index (χ3n) is 0.655. The van der Waals surface area contributed by atoms with E-state index in [2.05, 4.69) is 24.3 Å². The van der Waals surface area contributed by atoms with E-state index in [4.69, 9.17) is 0 Å². The van der Waals surface area contributed by atoms with Gasteiger partial charge in [0.15, 0.2) is 0 Å². The maximum absolute atomic E-state index is 2.12. The molecule has 0 saturated carbocycles. The van der Waals surface area contributed by atoms with Gasteiger partial charge < -0.3 is 0 Å². The van der Waals surface area contributed by atoms with Gasteiger partial charge in [0.1, 0.15) is 0 Å². The second-order valence-electron chi connectivity index (χ2n) is 1.09. The topological polar surface area (TPSA) is 0 Å². The molecule has 0 bridgehead atoms. The quantitative estimate of drug-likeness (QED) is 0.613. The fourth-order valence-electron chi connectivity index (χ4n) is 0.393. The minimum atomic E-state index is 0. The van der Waals surface area contributed by atoms with Crippen molar-refractivity contribution >= 4 is 0 Å². The Bertz CT molecular complexity index is 62.0. The first-order chi connectivity index (χ1) is 2.50. The maximum Gasteiger partial charge on any atom is 0 e. The van der Waals surface area contributed by atoms with Crippen molar-refractivity contribution in [1.82, 2.24) is 0 Å². The first-order valence-corrected chi connectivity index (χ1v) is 1.82. The van der Waals surface area contributed by atoms with Crippen molar-refractivity contribution in [2.75, 3.05) is 0 Å². The van der Waals surface area contributed by atoms with Gasteiger partial charge in [-0.2, -0.15) is 0 Å². The molecule has 1 heteroatoms. The van der Waals surface area contributed by atoms with E-state index < -0.39 is 0 Å². The van der Waals surface area contributed by atoms with E-state index in [1.807, 2.05) is 0 Å². The van der Waals surface area contributed by atoms with Gasteiger partial charge >= 0.3 is 0 Å². The molecule has 0 amide bonds. The molecule has 0 nitrogen and oxygen atoms in total. The van der Waals surface area contributed by atoms with E-state index >= 15 is 0 Å². The predicted molar refractivity (Wildman–Crippen MR) is 22.9 cm³/mol. The summed E-state index contributed by atoms with van der Waals surface area (Å²) in [5.41, 5.74) is 0. The SMILES string of the molecule is C1=CCC=C1.[Re]. The van der Waals surface area contributed by atoms with Crippen LogP contribution in [0.5, 0.6) is 0 Å². The molecule has 0 aromatic carbocycles.